The van der Waals surface area contributed by atoms with E-state index in [4.69, 9.17) is 4.74 Å². The van der Waals surface area contributed by atoms with Crippen molar-refractivity contribution >= 4 is 15.9 Å². The summed E-state index contributed by atoms with van der Waals surface area (Å²) in [5, 5.41) is 0. The molecule has 32 heavy (non-hydrogen) atoms. The number of piperidine rings is 1. The largest absolute Gasteiger partial charge is 0.376 e. The first kappa shape index (κ1) is 22.9. The van der Waals surface area contributed by atoms with Gasteiger partial charge in [-0.1, -0.05) is 24.6 Å². The SMILES string of the molecule is O=C(c1cccc(S(=O)(=O)N2CCCCC2)c1)N(Cc1cccc(F)c1)CC1CCCO1. The van der Waals surface area contributed by atoms with E-state index >= 15 is 0 Å². The van der Waals surface area contributed by atoms with Crippen LogP contribution in [0.2, 0.25) is 0 Å². The van der Waals surface area contributed by atoms with Gasteiger partial charge in [-0.15, -0.1) is 0 Å². The average Bonchev–Trinajstić information content (AvgIpc) is 3.32. The molecule has 2 aliphatic rings. The molecule has 0 radical (unpaired) electrons. The second-order valence-electron chi connectivity index (χ2n) is 8.44. The van der Waals surface area contributed by atoms with Crippen molar-refractivity contribution in [3.05, 3.63) is 65.5 Å². The molecule has 0 bridgehead atoms. The molecule has 2 fully saturated rings. The molecule has 4 rings (SSSR count). The van der Waals surface area contributed by atoms with E-state index in [0.717, 1.165) is 32.1 Å². The van der Waals surface area contributed by atoms with Crippen LogP contribution in [0.3, 0.4) is 0 Å². The van der Waals surface area contributed by atoms with Gasteiger partial charge in [0.25, 0.3) is 5.91 Å². The molecule has 2 aromatic rings. The molecule has 2 saturated heterocycles. The molecule has 0 N–H and O–H groups in total. The van der Waals surface area contributed by atoms with Gasteiger partial charge in [0.15, 0.2) is 0 Å². The Kier molecular flexibility index (Phi) is 7.23. The van der Waals surface area contributed by atoms with Crippen LogP contribution in [0.4, 0.5) is 4.39 Å². The molecule has 1 atom stereocenters. The Morgan fingerprint density at radius 3 is 2.56 bits per heavy atom. The molecule has 1 unspecified atom stereocenters. The van der Waals surface area contributed by atoms with Crippen LogP contribution in [0.25, 0.3) is 0 Å². The number of hydrogen-bond acceptors (Lipinski definition) is 4. The van der Waals surface area contributed by atoms with Gasteiger partial charge in [0.2, 0.25) is 10.0 Å². The van der Waals surface area contributed by atoms with Crippen molar-refractivity contribution in [1.29, 1.82) is 0 Å². The number of benzene rings is 2. The average molecular weight is 461 g/mol. The van der Waals surface area contributed by atoms with E-state index in [1.165, 1.54) is 28.6 Å². The van der Waals surface area contributed by atoms with E-state index in [1.54, 1.807) is 29.2 Å². The number of carbonyl (C=O) groups is 1. The summed E-state index contributed by atoms with van der Waals surface area (Å²) in [5.74, 6) is -0.651. The molecule has 2 aromatic carbocycles. The normalized spacial score (nSPS) is 19.7. The summed E-state index contributed by atoms with van der Waals surface area (Å²) in [6.07, 6.45) is 4.45. The number of rotatable bonds is 7. The molecule has 172 valence electrons. The number of halogens is 1. The first-order valence-electron chi connectivity index (χ1n) is 11.2. The summed E-state index contributed by atoms with van der Waals surface area (Å²) in [4.78, 5) is 15.2. The number of amides is 1. The van der Waals surface area contributed by atoms with Crippen molar-refractivity contribution in [1.82, 2.24) is 9.21 Å². The highest BCUT2D eigenvalue weighted by Gasteiger charge is 2.28. The third kappa shape index (κ3) is 5.36. The van der Waals surface area contributed by atoms with Crippen LogP contribution in [0.15, 0.2) is 53.4 Å². The number of hydrogen-bond donors (Lipinski definition) is 0. The van der Waals surface area contributed by atoms with Crippen LogP contribution in [-0.2, 0) is 21.3 Å². The Hall–Kier alpha value is -2.29. The Balaban J connectivity index is 1.59. The summed E-state index contributed by atoms with van der Waals surface area (Å²) < 4.78 is 47.1. The molecule has 1 amide bonds. The topological polar surface area (TPSA) is 66.9 Å². The van der Waals surface area contributed by atoms with Crippen LogP contribution in [0.5, 0.6) is 0 Å². The van der Waals surface area contributed by atoms with Crippen molar-refractivity contribution < 1.29 is 22.3 Å². The van der Waals surface area contributed by atoms with Crippen molar-refractivity contribution in [3.8, 4) is 0 Å². The van der Waals surface area contributed by atoms with E-state index in [-0.39, 0.29) is 29.3 Å². The Morgan fingerprint density at radius 2 is 1.84 bits per heavy atom. The van der Waals surface area contributed by atoms with E-state index in [9.17, 15) is 17.6 Å². The molecule has 0 aliphatic carbocycles. The fraction of sp³-hybridized carbons (Fsp3) is 0.458. The minimum absolute atomic E-state index is 0.0761. The van der Waals surface area contributed by atoms with Gasteiger partial charge in [-0.2, -0.15) is 4.31 Å². The quantitative estimate of drug-likeness (QED) is 0.630. The standard InChI is InChI=1S/C24H29FN2O4S/c25-21-9-4-7-19(15-21)17-26(18-22-10-6-14-31-22)24(28)20-8-5-11-23(16-20)32(29,30)27-12-2-1-3-13-27/h4-5,7-9,11,15-16,22H,1-3,6,10,12-14,17-18H2. The fourth-order valence-electron chi connectivity index (χ4n) is 4.34. The van der Waals surface area contributed by atoms with Crippen LogP contribution in [-0.4, -0.2) is 55.9 Å². The fourth-order valence-corrected chi connectivity index (χ4v) is 5.90. The molecular weight excluding hydrogens is 431 g/mol. The molecule has 2 aliphatic heterocycles. The minimum Gasteiger partial charge on any atom is -0.376 e. The van der Waals surface area contributed by atoms with Gasteiger partial charge in [-0.25, -0.2) is 12.8 Å². The van der Waals surface area contributed by atoms with E-state index in [2.05, 4.69) is 0 Å². The predicted octanol–water partition coefficient (Wildman–Crippen LogP) is 3.82. The maximum absolute atomic E-state index is 13.7. The summed E-state index contributed by atoms with van der Waals surface area (Å²) in [5.41, 5.74) is 0.978. The highest BCUT2D eigenvalue weighted by Crippen LogP contribution is 2.23. The molecule has 8 heteroatoms. The highest BCUT2D eigenvalue weighted by molar-refractivity contribution is 7.89. The minimum atomic E-state index is -3.64. The summed E-state index contributed by atoms with van der Waals surface area (Å²) in [7, 11) is -3.64. The summed E-state index contributed by atoms with van der Waals surface area (Å²) >= 11 is 0. The number of sulfonamides is 1. The smallest absolute Gasteiger partial charge is 0.254 e. The Labute approximate surface area is 189 Å². The molecule has 6 nitrogen and oxygen atoms in total. The van der Waals surface area contributed by atoms with Gasteiger partial charge in [0, 0.05) is 38.3 Å². The van der Waals surface area contributed by atoms with Crippen LogP contribution < -0.4 is 0 Å². The van der Waals surface area contributed by atoms with Crippen molar-refractivity contribution in [2.24, 2.45) is 0 Å². The zero-order chi connectivity index (χ0) is 22.6. The zero-order valence-electron chi connectivity index (χ0n) is 18.1. The molecule has 0 spiro atoms. The van der Waals surface area contributed by atoms with Crippen LogP contribution >= 0.6 is 0 Å². The molecule has 0 saturated carbocycles. The molecule has 2 heterocycles. The monoisotopic (exact) mass is 460 g/mol. The highest BCUT2D eigenvalue weighted by atomic mass is 32.2. The van der Waals surface area contributed by atoms with Gasteiger partial charge in [0.05, 0.1) is 11.0 Å². The lowest BCUT2D eigenvalue weighted by molar-refractivity contribution is 0.0507. The van der Waals surface area contributed by atoms with Gasteiger partial charge in [-0.3, -0.25) is 4.79 Å². The van der Waals surface area contributed by atoms with Gasteiger partial charge in [-0.05, 0) is 61.6 Å². The van der Waals surface area contributed by atoms with Crippen LogP contribution in [0.1, 0.15) is 48.0 Å². The van der Waals surface area contributed by atoms with E-state index in [1.807, 2.05) is 0 Å². The number of ether oxygens (including phenoxy) is 1. The zero-order valence-corrected chi connectivity index (χ0v) is 18.9. The van der Waals surface area contributed by atoms with Crippen molar-refractivity contribution in [2.45, 2.75) is 49.6 Å². The summed E-state index contributed by atoms with van der Waals surface area (Å²) in [6, 6.07) is 12.4. The van der Waals surface area contributed by atoms with Crippen molar-refractivity contribution in [2.75, 3.05) is 26.2 Å². The first-order valence-corrected chi connectivity index (χ1v) is 12.6. The van der Waals surface area contributed by atoms with Crippen LogP contribution in [0, 0.1) is 5.82 Å². The summed E-state index contributed by atoms with van der Waals surface area (Å²) in [6.45, 7) is 2.27. The molecule has 0 aromatic heterocycles. The third-order valence-electron chi connectivity index (χ3n) is 6.03. The second kappa shape index (κ2) is 10.1. The lowest BCUT2D eigenvalue weighted by Crippen LogP contribution is -2.37. The second-order valence-corrected chi connectivity index (χ2v) is 10.4. The van der Waals surface area contributed by atoms with Crippen molar-refractivity contribution in [3.63, 3.8) is 0 Å². The van der Waals surface area contributed by atoms with Gasteiger partial charge in [0.1, 0.15) is 5.82 Å². The Morgan fingerprint density at radius 1 is 1.06 bits per heavy atom. The third-order valence-corrected chi connectivity index (χ3v) is 7.93. The maximum Gasteiger partial charge on any atom is 0.254 e. The van der Waals surface area contributed by atoms with E-state index in [0.29, 0.717) is 37.4 Å². The van der Waals surface area contributed by atoms with Gasteiger partial charge >= 0.3 is 0 Å². The molecular formula is C24H29FN2O4S. The maximum atomic E-state index is 13.7. The van der Waals surface area contributed by atoms with E-state index < -0.39 is 10.0 Å². The number of nitrogens with zero attached hydrogens (tertiary/aromatic N) is 2. The first-order chi connectivity index (χ1) is 15.4. The lowest BCUT2D eigenvalue weighted by Gasteiger charge is -2.27. The predicted molar refractivity (Wildman–Crippen MR) is 119 cm³/mol. The number of carbonyl (C=O) groups excluding carboxylic acids is 1. The Bertz CT molecular complexity index is 1050. The van der Waals surface area contributed by atoms with Gasteiger partial charge < -0.3 is 9.64 Å². The lowest BCUT2D eigenvalue weighted by atomic mass is 10.1.